The Morgan fingerprint density at radius 3 is 2.79 bits per heavy atom. The summed E-state index contributed by atoms with van der Waals surface area (Å²) in [6.45, 7) is 2.03. The standard InChI is InChI=1S/C9H9IO3.Zn/c1-2-13-9(12)6-4-3-5-7(10)8(6)11;/h3-5,11H,2H2,1H3;. The molecule has 0 heterocycles. The Balaban J connectivity index is 0.00000169. The third-order valence-electron chi connectivity index (χ3n) is 1.48. The quantitative estimate of drug-likeness (QED) is 0.501. The molecule has 0 aliphatic carbocycles. The van der Waals surface area contributed by atoms with Crippen LogP contribution in [0, 0.1) is 3.57 Å². The predicted molar refractivity (Wildman–Crippen MR) is 56.8 cm³/mol. The van der Waals surface area contributed by atoms with Crippen molar-refractivity contribution in [2.24, 2.45) is 0 Å². The molecule has 1 aromatic rings. The van der Waals surface area contributed by atoms with Crippen LogP contribution in [0.2, 0.25) is 0 Å². The molecule has 0 aliphatic rings. The Kier molecular flexibility index (Phi) is 6.28. The van der Waals surface area contributed by atoms with Gasteiger partial charge in [0.2, 0.25) is 0 Å². The van der Waals surface area contributed by atoms with E-state index in [0.717, 1.165) is 0 Å². The topological polar surface area (TPSA) is 46.5 Å². The summed E-state index contributed by atoms with van der Waals surface area (Å²) in [6.07, 6.45) is 0. The van der Waals surface area contributed by atoms with E-state index in [-0.39, 0.29) is 30.8 Å². The summed E-state index contributed by atoms with van der Waals surface area (Å²) in [5, 5.41) is 9.49. The van der Waals surface area contributed by atoms with Crippen molar-refractivity contribution in [2.75, 3.05) is 6.61 Å². The van der Waals surface area contributed by atoms with Gasteiger partial charge < -0.3 is 9.84 Å². The monoisotopic (exact) mass is 356 g/mol. The molecule has 0 unspecified atom stereocenters. The third kappa shape index (κ3) is 3.21. The number of para-hydroxylation sites is 1. The van der Waals surface area contributed by atoms with Crippen molar-refractivity contribution in [2.45, 2.75) is 6.92 Å². The van der Waals surface area contributed by atoms with Gasteiger partial charge in [0.1, 0.15) is 11.3 Å². The molecular formula is C9H9IO3Zn. The second-order valence-electron chi connectivity index (χ2n) is 2.36. The molecule has 0 amide bonds. The minimum Gasteiger partial charge on any atom is -0.506 e. The van der Waals surface area contributed by atoms with Crippen molar-refractivity contribution < 1.29 is 34.1 Å². The Labute approximate surface area is 109 Å². The zero-order valence-electron chi connectivity index (χ0n) is 7.79. The first kappa shape index (κ1) is 13.8. The van der Waals surface area contributed by atoms with Gasteiger partial charge in [0.25, 0.3) is 0 Å². The molecule has 5 heteroatoms. The largest absolute Gasteiger partial charge is 0.506 e. The molecule has 0 saturated heterocycles. The van der Waals surface area contributed by atoms with E-state index in [1.807, 2.05) is 22.6 Å². The van der Waals surface area contributed by atoms with Gasteiger partial charge in [-0.15, -0.1) is 0 Å². The van der Waals surface area contributed by atoms with Gasteiger partial charge in [0, 0.05) is 19.5 Å². The maximum atomic E-state index is 11.2. The van der Waals surface area contributed by atoms with E-state index in [0.29, 0.717) is 10.2 Å². The second kappa shape index (κ2) is 6.35. The van der Waals surface area contributed by atoms with Crippen molar-refractivity contribution in [3.8, 4) is 5.75 Å². The Morgan fingerprint density at radius 2 is 2.21 bits per heavy atom. The molecule has 0 spiro atoms. The molecule has 0 saturated carbocycles. The van der Waals surface area contributed by atoms with Crippen LogP contribution in [0.5, 0.6) is 5.75 Å². The summed E-state index contributed by atoms with van der Waals surface area (Å²) < 4.78 is 5.40. The summed E-state index contributed by atoms with van der Waals surface area (Å²) in [5.74, 6) is -0.500. The first-order valence-electron chi connectivity index (χ1n) is 3.81. The number of phenolic OH excluding ortho intramolecular Hbond substituents is 1. The Morgan fingerprint density at radius 1 is 1.57 bits per heavy atom. The molecule has 0 bridgehead atoms. The van der Waals surface area contributed by atoms with Gasteiger partial charge in [-0.05, 0) is 41.6 Å². The molecule has 0 radical (unpaired) electrons. The molecule has 1 N–H and O–H groups in total. The molecule has 1 aromatic carbocycles. The number of aromatic hydroxyl groups is 1. The van der Waals surface area contributed by atoms with E-state index in [1.54, 1.807) is 19.1 Å². The molecule has 0 atom stereocenters. The molecule has 72 valence electrons. The van der Waals surface area contributed by atoms with Gasteiger partial charge in [0.05, 0.1) is 10.2 Å². The Bertz CT molecular complexity index is 328. The van der Waals surface area contributed by atoms with Crippen LogP contribution in [0.15, 0.2) is 18.2 Å². The molecule has 14 heavy (non-hydrogen) atoms. The smallest absolute Gasteiger partial charge is 0.341 e. The van der Waals surface area contributed by atoms with Crippen LogP contribution in [-0.4, -0.2) is 17.7 Å². The molecule has 3 nitrogen and oxygen atoms in total. The summed E-state index contributed by atoms with van der Waals surface area (Å²) >= 11 is 1.95. The van der Waals surface area contributed by atoms with E-state index < -0.39 is 5.97 Å². The molecule has 0 aromatic heterocycles. The van der Waals surface area contributed by atoms with Crippen LogP contribution in [0.4, 0.5) is 0 Å². The minimum absolute atomic E-state index is 0. The van der Waals surface area contributed by atoms with Crippen LogP contribution in [0.25, 0.3) is 0 Å². The van der Waals surface area contributed by atoms with E-state index in [9.17, 15) is 9.90 Å². The van der Waals surface area contributed by atoms with Gasteiger partial charge in [-0.2, -0.15) is 0 Å². The number of carbonyl (C=O) groups excluding carboxylic acids is 1. The van der Waals surface area contributed by atoms with Gasteiger partial charge >= 0.3 is 5.97 Å². The fourth-order valence-electron chi connectivity index (χ4n) is 0.889. The van der Waals surface area contributed by atoms with Gasteiger partial charge in [-0.1, -0.05) is 6.07 Å². The van der Waals surface area contributed by atoms with E-state index in [2.05, 4.69) is 0 Å². The number of benzene rings is 1. The van der Waals surface area contributed by atoms with E-state index >= 15 is 0 Å². The zero-order valence-corrected chi connectivity index (χ0v) is 12.9. The summed E-state index contributed by atoms with van der Waals surface area (Å²) in [5.41, 5.74) is 0.216. The van der Waals surface area contributed by atoms with Crippen molar-refractivity contribution in [3.63, 3.8) is 0 Å². The number of phenols is 1. The van der Waals surface area contributed by atoms with Crippen LogP contribution in [0.1, 0.15) is 17.3 Å². The van der Waals surface area contributed by atoms with Crippen LogP contribution < -0.4 is 0 Å². The molecule has 0 fully saturated rings. The summed E-state index contributed by atoms with van der Waals surface area (Å²) in [4.78, 5) is 11.2. The molecule has 0 aliphatic heterocycles. The van der Waals surface area contributed by atoms with E-state index in [4.69, 9.17) is 4.74 Å². The summed E-state index contributed by atoms with van der Waals surface area (Å²) in [6, 6.07) is 4.96. The third-order valence-corrected chi connectivity index (χ3v) is 2.35. The number of rotatable bonds is 2. The maximum absolute atomic E-state index is 11.2. The number of hydrogen-bond acceptors (Lipinski definition) is 3. The van der Waals surface area contributed by atoms with E-state index in [1.165, 1.54) is 6.07 Å². The first-order valence-corrected chi connectivity index (χ1v) is 4.89. The van der Waals surface area contributed by atoms with Crippen molar-refractivity contribution in [1.82, 2.24) is 0 Å². The molecular weight excluding hydrogens is 348 g/mol. The number of hydrogen-bond donors (Lipinski definition) is 1. The number of esters is 1. The maximum Gasteiger partial charge on any atom is 0.341 e. The zero-order chi connectivity index (χ0) is 9.84. The SMILES string of the molecule is CCOC(=O)c1cccc(I)c1O.[Zn]. The fourth-order valence-corrected chi connectivity index (χ4v) is 1.39. The second-order valence-corrected chi connectivity index (χ2v) is 3.52. The number of ether oxygens (including phenoxy) is 1. The summed E-state index contributed by atoms with van der Waals surface area (Å²) in [7, 11) is 0. The first-order chi connectivity index (χ1) is 6.16. The van der Waals surface area contributed by atoms with Gasteiger partial charge in [-0.3, -0.25) is 0 Å². The van der Waals surface area contributed by atoms with Gasteiger partial charge in [0.15, 0.2) is 0 Å². The minimum atomic E-state index is -0.487. The van der Waals surface area contributed by atoms with Crippen LogP contribution in [-0.2, 0) is 24.2 Å². The number of carbonyl (C=O) groups is 1. The van der Waals surface area contributed by atoms with Crippen molar-refractivity contribution in [1.29, 1.82) is 0 Å². The number of halogens is 1. The Hall–Kier alpha value is -0.157. The normalized spacial score (nSPS) is 9.00. The van der Waals surface area contributed by atoms with Crippen molar-refractivity contribution in [3.05, 3.63) is 27.3 Å². The predicted octanol–water partition coefficient (Wildman–Crippen LogP) is 2.17. The van der Waals surface area contributed by atoms with Gasteiger partial charge in [-0.25, -0.2) is 4.79 Å². The average molecular weight is 357 g/mol. The van der Waals surface area contributed by atoms with Crippen LogP contribution in [0.3, 0.4) is 0 Å². The van der Waals surface area contributed by atoms with Crippen LogP contribution >= 0.6 is 22.6 Å². The van der Waals surface area contributed by atoms with Crippen molar-refractivity contribution >= 4 is 28.6 Å². The average Bonchev–Trinajstić information content (AvgIpc) is 2.10. The fraction of sp³-hybridized carbons (Fsp3) is 0.222. The molecule has 1 rings (SSSR count).